The van der Waals surface area contributed by atoms with Gasteiger partial charge in [-0.15, -0.1) is 0 Å². The van der Waals surface area contributed by atoms with Crippen molar-refractivity contribution in [1.82, 2.24) is 10.3 Å². The summed E-state index contributed by atoms with van der Waals surface area (Å²) in [6.45, 7) is 6.20. The van der Waals surface area contributed by atoms with Gasteiger partial charge in [0, 0.05) is 31.5 Å². The highest BCUT2D eigenvalue weighted by molar-refractivity contribution is 7.20. The van der Waals surface area contributed by atoms with Crippen LogP contribution < -0.4 is 10.1 Å². The standard InChI is InChI=1S/C24H30N3OS/c1-4-16-27(17-5-1,20-12-14-25-15-13-20)18-19-8-10-21(11-9-19)28-24-26-22-6-2-3-7-23(22)29-24/h2-3,6-11,20,25H,1,4-5,12-18H2/q+1. The van der Waals surface area contributed by atoms with E-state index < -0.39 is 0 Å². The van der Waals surface area contributed by atoms with Crippen LogP contribution in [0.5, 0.6) is 10.9 Å². The number of quaternary nitrogens is 1. The second kappa shape index (κ2) is 8.42. The molecule has 2 aliphatic rings. The summed E-state index contributed by atoms with van der Waals surface area (Å²) >= 11 is 1.60. The lowest BCUT2D eigenvalue weighted by atomic mass is 9.95. The van der Waals surface area contributed by atoms with Crippen molar-refractivity contribution in [3.8, 4) is 10.9 Å². The average molecular weight is 409 g/mol. The molecule has 2 saturated heterocycles. The van der Waals surface area contributed by atoms with Crippen LogP contribution in [0, 0.1) is 0 Å². The van der Waals surface area contributed by atoms with Gasteiger partial charge < -0.3 is 14.5 Å². The SMILES string of the molecule is c1ccc2sc(Oc3ccc(C[N+]4(C5CCNCC5)CCCCC4)cc3)nc2c1. The normalized spacial score (nSPS) is 20.0. The van der Waals surface area contributed by atoms with Gasteiger partial charge in [-0.3, -0.25) is 0 Å². The maximum atomic E-state index is 6.04. The van der Waals surface area contributed by atoms with Crippen LogP contribution >= 0.6 is 11.3 Å². The summed E-state index contributed by atoms with van der Waals surface area (Å²) < 4.78 is 8.50. The molecule has 0 radical (unpaired) electrons. The fourth-order valence-corrected chi connectivity index (χ4v) is 6.01. The number of aromatic nitrogens is 1. The number of piperidine rings is 2. The monoisotopic (exact) mass is 408 g/mol. The van der Waals surface area contributed by atoms with Crippen LogP contribution in [-0.2, 0) is 6.54 Å². The van der Waals surface area contributed by atoms with Crippen molar-refractivity contribution < 1.29 is 9.22 Å². The zero-order valence-electron chi connectivity index (χ0n) is 17.0. The minimum Gasteiger partial charge on any atom is -0.431 e. The van der Waals surface area contributed by atoms with Crippen LogP contribution in [0.2, 0.25) is 0 Å². The lowest BCUT2D eigenvalue weighted by molar-refractivity contribution is -0.968. The zero-order chi connectivity index (χ0) is 19.5. The molecule has 29 heavy (non-hydrogen) atoms. The van der Waals surface area contributed by atoms with Gasteiger partial charge in [-0.2, -0.15) is 0 Å². The Bertz CT molecular complexity index is 907. The van der Waals surface area contributed by atoms with Gasteiger partial charge in [-0.05, 0) is 55.7 Å². The molecule has 0 atom stereocenters. The van der Waals surface area contributed by atoms with Gasteiger partial charge in [-0.25, -0.2) is 4.98 Å². The first-order valence-corrected chi connectivity index (χ1v) is 11.8. The van der Waals surface area contributed by atoms with E-state index in [0.29, 0.717) is 5.19 Å². The number of ether oxygens (including phenoxy) is 1. The van der Waals surface area contributed by atoms with E-state index in [9.17, 15) is 0 Å². The van der Waals surface area contributed by atoms with E-state index in [2.05, 4.69) is 40.6 Å². The molecule has 0 saturated carbocycles. The van der Waals surface area contributed by atoms with Crippen molar-refractivity contribution in [2.75, 3.05) is 26.2 Å². The summed E-state index contributed by atoms with van der Waals surface area (Å²) in [5.41, 5.74) is 2.43. The predicted molar refractivity (Wildman–Crippen MR) is 120 cm³/mol. The first kappa shape index (κ1) is 19.0. The van der Waals surface area contributed by atoms with E-state index in [4.69, 9.17) is 4.74 Å². The summed E-state index contributed by atoms with van der Waals surface area (Å²) in [5.74, 6) is 0.875. The van der Waals surface area contributed by atoms with Gasteiger partial charge in [0.25, 0.3) is 5.19 Å². The molecule has 3 aromatic rings. The van der Waals surface area contributed by atoms with Gasteiger partial charge in [0.1, 0.15) is 12.3 Å². The van der Waals surface area contributed by atoms with Gasteiger partial charge in [-0.1, -0.05) is 23.5 Å². The highest BCUT2D eigenvalue weighted by Gasteiger charge is 2.38. The second-order valence-corrected chi connectivity index (χ2v) is 9.55. The first-order chi connectivity index (χ1) is 14.3. The first-order valence-electron chi connectivity index (χ1n) is 11.0. The van der Waals surface area contributed by atoms with Gasteiger partial charge in [0.15, 0.2) is 0 Å². The molecule has 152 valence electrons. The third-order valence-electron chi connectivity index (χ3n) is 6.69. The Morgan fingerprint density at radius 2 is 1.72 bits per heavy atom. The Morgan fingerprint density at radius 1 is 0.966 bits per heavy atom. The van der Waals surface area contributed by atoms with Crippen molar-refractivity contribution >= 4 is 21.6 Å². The Labute approximate surface area is 177 Å². The van der Waals surface area contributed by atoms with E-state index in [1.54, 1.807) is 11.3 Å². The van der Waals surface area contributed by atoms with E-state index in [-0.39, 0.29) is 0 Å². The molecule has 2 aromatic carbocycles. The van der Waals surface area contributed by atoms with E-state index in [1.165, 1.54) is 68.3 Å². The number of nitrogens with one attached hydrogen (secondary N) is 1. The van der Waals surface area contributed by atoms with Crippen molar-refractivity contribution in [2.24, 2.45) is 0 Å². The van der Waals surface area contributed by atoms with Crippen molar-refractivity contribution in [3.05, 3.63) is 54.1 Å². The highest BCUT2D eigenvalue weighted by Crippen LogP contribution is 2.33. The zero-order valence-corrected chi connectivity index (χ0v) is 17.8. The molecule has 0 amide bonds. The minimum atomic E-state index is 0.716. The molecule has 1 aromatic heterocycles. The fourth-order valence-electron chi connectivity index (χ4n) is 5.17. The second-order valence-electron chi connectivity index (χ2n) is 8.56. The van der Waals surface area contributed by atoms with Crippen molar-refractivity contribution in [2.45, 2.75) is 44.7 Å². The predicted octanol–water partition coefficient (Wildman–Crippen LogP) is 5.34. The Kier molecular flexibility index (Phi) is 5.53. The number of para-hydroxylation sites is 1. The average Bonchev–Trinajstić information content (AvgIpc) is 3.19. The van der Waals surface area contributed by atoms with Gasteiger partial charge in [0.2, 0.25) is 0 Å². The molecule has 2 aliphatic heterocycles. The number of nitrogens with zero attached hydrogens (tertiary/aromatic N) is 2. The molecule has 0 unspecified atom stereocenters. The molecule has 3 heterocycles. The van der Waals surface area contributed by atoms with Crippen LogP contribution in [0.1, 0.15) is 37.7 Å². The number of fused-ring (bicyclic) bond motifs is 1. The summed E-state index contributed by atoms with van der Waals surface area (Å²) in [4.78, 5) is 4.58. The van der Waals surface area contributed by atoms with Crippen LogP contribution in [0.15, 0.2) is 48.5 Å². The smallest absolute Gasteiger partial charge is 0.279 e. The molecular formula is C24H30N3OS+. The third kappa shape index (κ3) is 4.18. The summed E-state index contributed by atoms with van der Waals surface area (Å²) in [5, 5.41) is 4.26. The minimum absolute atomic E-state index is 0.716. The Hall–Kier alpha value is -1.95. The number of hydrogen-bond acceptors (Lipinski definition) is 4. The van der Waals surface area contributed by atoms with E-state index >= 15 is 0 Å². The summed E-state index contributed by atoms with van der Waals surface area (Å²) in [6.07, 6.45) is 6.79. The third-order valence-corrected chi connectivity index (χ3v) is 7.60. The fraction of sp³-hybridized carbons (Fsp3) is 0.458. The number of thiazole rings is 1. The molecule has 2 fully saturated rings. The quantitative estimate of drug-likeness (QED) is 0.579. The molecule has 1 N–H and O–H groups in total. The Balaban J connectivity index is 1.30. The summed E-state index contributed by atoms with van der Waals surface area (Å²) in [7, 11) is 0. The lowest BCUT2D eigenvalue weighted by Crippen LogP contribution is -2.59. The molecule has 0 aliphatic carbocycles. The van der Waals surface area contributed by atoms with E-state index in [1.807, 2.05) is 18.2 Å². The maximum absolute atomic E-state index is 6.04. The number of hydrogen-bond donors (Lipinski definition) is 1. The van der Waals surface area contributed by atoms with Crippen LogP contribution in [0.25, 0.3) is 10.2 Å². The Morgan fingerprint density at radius 3 is 2.48 bits per heavy atom. The molecule has 4 nitrogen and oxygen atoms in total. The molecule has 0 spiro atoms. The highest BCUT2D eigenvalue weighted by atomic mass is 32.1. The molecule has 5 rings (SSSR count). The molecule has 0 bridgehead atoms. The van der Waals surface area contributed by atoms with Crippen LogP contribution in [0.4, 0.5) is 0 Å². The number of likely N-dealkylation sites (tertiary alicyclic amines) is 1. The van der Waals surface area contributed by atoms with Gasteiger partial charge in [0.05, 0.1) is 29.3 Å². The topological polar surface area (TPSA) is 34.1 Å². The largest absolute Gasteiger partial charge is 0.431 e. The number of benzene rings is 2. The number of rotatable bonds is 5. The molecular weight excluding hydrogens is 378 g/mol. The van der Waals surface area contributed by atoms with Crippen molar-refractivity contribution in [1.29, 1.82) is 0 Å². The van der Waals surface area contributed by atoms with Crippen molar-refractivity contribution in [3.63, 3.8) is 0 Å². The van der Waals surface area contributed by atoms with E-state index in [0.717, 1.165) is 28.6 Å². The van der Waals surface area contributed by atoms with Gasteiger partial charge >= 0.3 is 0 Å². The lowest BCUT2D eigenvalue weighted by Gasteiger charge is -2.49. The maximum Gasteiger partial charge on any atom is 0.279 e. The van der Waals surface area contributed by atoms with Crippen LogP contribution in [0.3, 0.4) is 0 Å². The summed E-state index contributed by atoms with van der Waals surface area (Å²) in [6, 6.07) is 17.7. The van der Waals surface area contributed by atoms with Crippen LogP contribution in [-0.4, -0.2) is 41.7 Å². The molecule has 5 heteroatoms.